The molecule has 1 heterocycles. The van der Waals surface area contributed by atoms with Gasteiger partial charge in [0.2, 0.25) is 0 Å². The van der Waals surface area contributed by atoms with Crippen LogP contribution in [0.1, 0.15) is 23.0 Å². The van der Waals surface area contributed by atoms with E-state index in [-0.39, 0.29) is 11.8 Å². The molecule has 0 saturated heterocycles. The molecule has 1 rings (SSSR count). The number of aryl methyl sites for hydroxylation is 1. The van der Waals surface area contributed by atoms with Crippen LogP contribution in [-0.2, 0) is 0 Å². The summed E-state index contributed by atoms with van der Waals surface area (Å²) in [5, 5.41) is 2.81. The molecule has 0 aliphatic carbocycles. The molecule has 1 atom stereocenters. The zero-order valence-corrected chi connectivity index (χ0v) is 9.16. The van der Waals surface area contributed by atoms with Gasteiger partial charge >= 0.3 is 0 Å². The van der Waals surface area contributed by atoms with Gasteiger partial charge in [-0.3, -0.25) is 9.78 Å². The van der Waals surface area contributed by atoms with E-state index in [1.165, 1.54) is 0 Å². The predicted octanol–water partition coefficient (Wildman–Crippen LogP) is 0.715. The van der Waals surface area contributed by atoms with Crippen molar-refractivity contribution in [3.8, 4) is 0 Å². The van der Waals surface area contributed by atoms with Gasteiger partial charge in [-0.15, -0.1) is 0 Å². The summed E-state index contributed by atoms with van der Waals surface area (Å²) in [6.45, 7) is 5.02. The molecule has 1 aromatic rings. The second-order valence-corrected chi connectivity index (χ2v) is 3.72. The van der Waals surface area contributed by atoms with Crippen molar-refractivity contribution in [1.29, 1.82) is 0 Å². The van der Waals surface area contributed by atoms with Crippen molar-refractivity contribution in [3.63, 3.8) is 0 Å². The number of rotatable bonds is 4. The average Bonchev–Trinajstić information content (AvgIpc) is 2.26. The van der Waals surface area contributed by atoms with Gasteiger partial charge in [0, 0.05) is 12.7 Å². The van der Waals surface area contributed by atoms with Gasteiger partial charge in [-0.2, -0.15) is 0 Å². The summed E-state index contributed by atoms with van der Waals surface area (Å²) >= 11 is 0. The number of carbonyl (C=O) groups excluding carboxylic acids is 1. The van der Waals surface area contributed by atoms with Crippen LogP contribution in [0, 0.1) is 12.8 Å². The summed E-state index contributed by atoms with van der Waals surface area (Å²) in [6, 6.07) is 3.68. The molecule has 1 unspecified atom stereocenters. The van der Waals surface area contributed by atoms with Crippen LogP contribution in [-0.4, -0.2) is 24.0 Å². The second kappa shape index (κ2) is 5.46. The smallest absolute Gasteiger partial charge is 0.270 e. The topological polar surface area (TPSA) is 68.0 Å². The Morgan fingerprint density at radius 3 is 3.00 bits per heavy atom. The van der Waals surface area contributed by atoms with Gasteiger partial charge in [0.1, 0.15) is 5.69 Å². The van der Waals surface area contributed by atoms with E-state index in [2.05, 4.69) is 10.3 Å². The first-order valence-electron chi connectivity index (χ1n) is 5.05. The molecule has 82 valence electrons. The monoisotopic (exact) mass is 207 g/mol. The minimum atomic E-state index is -0.131. The molecule has 1 amide bonds. The third-order valence-corrected chi connectivity index (χ3v) is 2.24. The molecule has 1 aromatic heterocycles. The van der Waals surface area contributed by atoms with Crippen LogP contribution in [0.5, 0.6) is 0 Å². The van der Waals surface area contributed by atoms with Crippen LogP contribution in [0.4, 0.5) is 0 Å². The molecule has 0 spiro atoms. The number of carbonyl (C=O) groups is 1. The lowest BCUT2D eigenvalue weighted by Crippen LogP contribution is -2.32. The first-order chi connectivity index (χ1) is 7.15. The van der Waals surface area contributed by atoms with Crippen LogP contribution in [0.2, 0.25) is 0 Å². The van der Waals surface area contributed by atoms with Crippen molar-refractivity contribution in [1.82, 2.24) is 10.3 Å². The van der Waals surface area contributed by atoms with E-state index in [4.69, 9.17) is 5.73 Å². The van der Waals surface area contributed by atoms with Gasteiger partial charge in [0.25, 0.3) is 5.91 Å². The SMILES string of the molecule is Cc1cccnc1C(=O)NCC(C)CN. The molecule has 3 N–H and O–H groups in total. The third kappa shape index (κ3) is 3.32. The molecule has 15 heavy (non-hydrogen) atoms. The largest absolute Gasteiger partial charge is 0.350 e. The van der Waals surface area contributed by atoms with Gasteiger partial charge in [-0.1, -0.05) is 13.0 Å². The Bertz CT molecular complexity index is 338. The lowest BCUT2D eigenvalue weighted by Gasteiger charge is -2.10. The lowest BCUT2D eigenvalue weighted by atomic mass is 10.1. The Morgan fingerprint density at radius 1 is 1.67 bits per heavy atom. The Balaban J connectivity index is 2.58. The first-order valence-corrected chi connectivity index (χ1v) is 5.05. The van der Waals surface area contributed by atoms with E-state index in [9.17, 15) is 4.79 Å². The highest BCUT2D eigenvalue weighted by Gasteiger charge is 2.10. The predicted molar refractivity (Wildman–Crippen MR) is 59.5 cm³/mol. The number of amides is 1. The zero-order valence-electron chi connectivity index (χ0n) is 9.16. The normalized spacial score (nSPS) is 12.2. The Morgan fingerprint density at radius 2 is 2.40 bits per heavy atom. The van der Waals surface area contributed by atoms with Gasteiger partial charge in [0.15, 0.2) is 0 Å². The van der Waals surface area contributed by atoms with Crippen molar-refractivity contribution >= 4 is 5.91 Å². The van der Waals surface area contributed by atoms with Gasteiger partial charge in [-0.25, -0.2) is 0 Å². The summed E-state index contributed by atoms with van der Waals surface area (Å²) < 4.78 is 0. The summed E-state index contributed by atoms with van der Waals surface area (Å²) in [5.74, 6) is 0.159. The lowest BCUT2D eigenvalue weighted by molar-refractivity contribution is 0.0943. The maximum Gasteiger partial charge on any atom is 0.270 e. The number of nitrogens with one attached hydrogen (secondary N) is 1. The van der Waals surface area contributed by atoms with Crippen molar-refractivity contribution in [2.24, 2.45) is 11.7 Å². The molecular weight excluding hydrogens is 190 g/mol. The van der Waals surface area contributed by atoms with Gasteiger partial charge in [0.05, 0.1) is 0 Å². The minimum absolute atomic E-state index is 0.131. The third-order valence-electron chi connectivity index (χ3n) is 2.24. The van der Waals surface area contributed by atoms with Gasteiger partial charge in [-0.05, 0) is 31.0 Å². The highest BCUT2D eigenvalue weighted by molar-refractivity contribution is 5.93. The van der Waals surface area contributed by atoms with Crippen LogP contribution in [0.3, 0.4) is 0 Å². The molecule has 0 bridgehead atoms. The number of hydrogen-bond acceptors (Lipinski definition) is 3. The van der Waals surface area contributed by atoms with E-state index in [0.717, 1.165) is 5.56 Å². The molecule has 0 saturated carbocycles. The van der Waals surface area contributed by atoms with E-state index in [0.29, 0.717) is 18.8 Å². The minimum Gasteiger partial charge on any atom is -0.350 e. The maximum atomic E-state index is 11.7. The van der Waals surface area contributed by atoms with E-state index in [1.807, 2.05) is 26.0 Å². The second-order valence-electron chi connectivity index (χ2n) is 3.72. The first kappa shape index (κ1) is 11.7. The van der Waals surface area contributed by atoms with E-state index >= 15 is 0 Å². The zero-order chi connectivity index (χ0) is 11.3. The number of aromatic nitrogens is 1. The highest BCUT2D eigenvalue weighted by Crippen LogP contribution is 2.02. The fraction of sp³-hybridized carbons (Fsp3) is 0.455. The Labute approximate surface area is 89.9 Å². The quantitative estimate of drug-likeness (QED) is 0.764. The van der Waals surface area contributed by atoms with Crippen LogP contribution in [0.15, 0.2) is 18.3 Å². The fourth-order valence-electron chi connectivity index (χ4n) is 1.16. The summed E-state index contributed by atoms with van der Waals surface area (Å²) in [5.41, 5.74) is 6.83. The van der Waals surface area contributed by atoms with Crippen molar-refractivity contribution in [2.75, 3.05) is 13.1 Å². The molecular formula is C11H17N3O. The standard InChI is InChI=1S/C11H17N3O/c1-8(6-12)7-14-11(15)10-9(2)4-3-5-13-10/h3-5,8H,6-7,12H2,1-2H3,(H,14,15). The average molecular weight is 207 g/mol. The summed E-state index contributed by atoms with van der Waals surface area (Å²) in [6.07, 6.45) is 1.62. The van der Waals surface area contributed by atoms with Crippen LogP contribution in [0.25, 0.3) is 0 Å². The molecule has 0 fully saturated rings. The number of nitrogens with zero attached hydrogens (tertiary/aromatic N) is 1. The molecule has 0 aromatic carbocycles. The summed E-state index contributed by atoms with van der Waals surface area (Å²) in [7, 11) is 0. The van der Waals surface area contributed by atoms with Gasteiger partial charge < -0.3 is 11.1 Å². The fourth-order valence-corrected chi connectivity index (χ4v) is 1.16. The molecule has 4 nitrogen and oxygen atoms in total. The van der Waals surface area contributed by atoms with Crippen molar-refractivity contribution < 1.29 is 4.79 Å². The number of hydrogen-bond donors (Lipinski definition) is 2. The number of nitrogens with two attached hydrogens (primary N) is 1. The van der Waals surface area contributed by atoms with Crippen LogP contribution >= 0.6 is 0 Å². The van der Waals surface area contributed by atoms with Crippen LogP contribution < -0.4 is 11.1 Å². The Hall–Kier alpha value is -1.42. The molecule has 0 aliphatic heterocycles. The summed E-state index contributed by atoms with van der Waals surface area (Å²) in [4.78, 5) is 15.7. The molecule has 0 aliphatic rings. The highest BCUT2D eigenvalue weighted by atomic mass is 16.1. The molecule has 0 radical (unpaired) electrons. The van der Waals surface area contributed by atoms with E-state index < -0.39 is 0 Å². The Kier molecular flexibility index (Phi) is 4.24. The maximum absolute atomic E-state index is 11.7. The number of pyridine rings is 1. The van der Waals surface area contributed by atoms with E-state index in [1.54, 1.807) is 6.20 Å². The van der Waals surface area contributed by atoms with Crippen molar-refractivity contribution in [3.05, 3.63) is 29.6 Å². The van der Waals surface area contributed by atoms with Crippen molar-refractivity contribution in [2.45, 2.75) is 13.8 Å². The molecule has 4 heteroatoms.